The number of nitrogens with one attached hydrogen (secondary N) is 1. The maximum atomic E-state index is 11.0. The number of nitrogen functional groups attached to an aromatic ring is 1. The Morgan fingerprint density at radius 2 is 2.14 bits per heavy atom. The fourth-order valence-electron chi connectivity index (χ4n) is 2.28. The molecule has 1 aromatic rings. The van der Waals surface area contributed by atoms with E-state index in [0.29, 0.717) is 5.69 Å². The first-order valence-electron chi connectivity index (χ1n) is 7.37. The minimum Gasteiger partial charge on any atom is -0.378 e. The van der Waals surface area contributed by atoms with Gasteiger partial charge < -0.3 is 16.0 Å². The zero-order valence-electron chi connectivity index (χ0n) is 13.0. The molecule has 0 radical (unpaired) electrons. The molecule has 0 aliphatic carbocycles. The molecule has 0 aromatic carbocycles. The van der Waals surface area contributed by atoms with E-state index in [-0.39, 0.29) is 17.5 Å². The highest BCUT2D eigenvalue weighted by Crippen LogP contribution is 2.29. The molecule has 0 saturated heterocycles. The normalized spacial score (nSPS) is 12.4. The number of anilines is 2. The summed E-state index contributed by atoms with van der Waals surface area (Å²) < 4.78 is 0. The molecule has 3 N–H and O–H groups in total. The topological polar surface area (TPSA) is 97.3 Å². The average Bonchev–Trinajstić information content (AvgIpc) is 2.43. The predicted octanol–water partition coefficient (Wildman–Crippen LogP) is 2.49. The number of nitrogens with two attached hydrogens (primary N) is 1. The molecule has 21 heavy (non-hydrogen) atoms. The van der Waals surface area contributed by atoms with E-state index in [9.17, 15) is 10.1 Å². The van der Waals surface area contributed by atoms with Crippen molar-refractivity contribution in [2.24, 2.45) is 0 Å². The van der Waals surface area contributed by atoms with Gasteiger partial charge in [0.15, 0.2) is 0 Å². The smallest absolute Gasteiger partial charge is 0.333 e. The first-order valence-corrected chi connectivity index (χ1v) is 7.37. The van der Waals surface area contributed by atoms with Crippen LogP contribution in [-0.2, 0) is 0 Å². The molecule has 0 aliphatic rings. The van der Waals surface area contributed by atoms with E-state index >= 15 is 0 Å². The Bertz CT molecular complexity index is 463. The van der Waals surface area contributed by atoms with Crippen molar-refractivity contribution in [2.75, 3.05) is 30.7 Å². The van der Waals surface area contributed by atoms with Gasteiger partial charge in [-0.15, -0.1) is 0 Å². The molecule has 0 amide bonds. The van der Waals surface area contributed by atoms with Crippen LogP contribution in [0.5, 0.6) is 0 Å². The van der Waals surface area contributed by atoms with Crippen molar-refractivity contribution >= 4 is 17.2 Å². The molecule has 0 fully saturated rings. The fourth-order valence-corrected chi connectivity index (χ4v) is 2.28. The monoisotopic (exact) mass is 295 g/mol. The summed E-state index contributed by atoms with van der Waals surface area (Å²) in [6.45, 7) is 9.44. The van der Waals surface area contributed by atoms with E-state index in [4.69, 9.17) is 5.73 Å². The lowest BCUT2D eigenvalue weighted by atomic mass is 10.1. The molecule has 118 valence electrons. The number of pyridine rings is 1. The van der Waals surface area contributed by atoms with Gasteiger partial charge in [0.05, 0.1) is 4.92 Å². The maximum absolute atomic E-state index is 11.0. The van der Waals surface area contributed by atoms with E-state index in [2.05, 4.69) is 29.0 Å². The minimum atomic E-state index is -0.493. The predicted molar refractivity (Wildman–Crippen MR) is 85.4 cm³/mol. The van der Waals surface area contributed by atoms with Gasteiger partial charge in [0.25, 0.3) is 0 Å². The Morgan fingerprint density at radius 3 is 2.71 bits per heavy atom. The second-order valence-electron chi connectivity index (χ2n) is 5.06. The quantitative estimate of drug-likeness (QED) is 0.536. The molecule has 1 atom stereocenters. The van der Waals surface area contributed by atoms with Gasteiger partial charge >= 0.3 is 5.69 Å². The van der Waals surface area contributed by atoms with Crippen LogP contribution in [0.15, 0.2) is 12.3 Å². The van der Waals surface area contributed by atoms with E-state index < -0.39 is 4.92 Å². The summed E-state index contributed by atoms with van der Waals surface area (Å²) in [5.41, 5.74) is 5.86. The van der Waals surface area contributed by atoms with Gasteiger partial charge in [-0.05, 0) is 45.5 Å². The second kappa shape index (κ2) is 8.41. The van der Waals surface area contributed by atoms with Crippen LogP contribution in [0.3, 0.4) is 0 Å². The lowest BCUT2D eigenvalue weighted by Gasteiger charge is -2.20. The highest BCUT2D eigenvalue weighted by atomic mass is 16.6. The van der Waals surface area contributed by atoms with Crippen LogP contribution in [0.2, 0.25) is 0 Å². The summed E-state index contributed by atoms with van der Waals surface area (Å²) in [4.78, 5) is 16.7. The molecular formula is C14H25N5O2. The Kier molecular flexibility index (Phi) is 6.87. The highest BCUT2D eigenvalue weighted by Gasteiger charge is 2.20. The third kappa shape index (κ3) is 5.18. The molecule has 0 unspecified atom stereocenters. The summed E-state index contributed by atoms with van der Waals surface area (Å²) in [5, 5.41) is 14.2. The first-order chi connectivity index (χ1) is 9.99. The number of hydrogen-bond acceptors (Lipinski definition) is 6. The molecule has 0 bridgehead atoms. The maximum Gasteiger partial charge on any atom is 0.333 e. The molecule has 1 aromatic heterocycles. The first kappa shape index (κ1) is 17.2. The number of nitro groups is 1. The van der Waals surface area contributed by atoms with Crippen LogP contribution >= 0.6 is 0 Å². The second-order valence-corrected chi connectivity index (χ2v) is 5.06. The van der Waals surface area contributed by atoms with Crippen LogP contribution in [-0.4, -0.2) is 40.5 Å². The molecule has 1 rings (SSSR count). The number of rotatable bonds is 9. The van der Waals surface area contributed by atoms with E-state index in [1.807, 2.05) is 6.92 Å². The standard InChI is InChI=1S/C14H25N5O2/c1-4-18(5-2)10-6-7-11(3)17-12-8-9-16-14(15)13(12)19(20)21/h8-9,11H,4-7,10H2,1-3H3,(H3,15,16,17)/t11-/m0/s1. The van der Waals surface area contributed by atoms with Gasteiger partial charge in [-0.1, -0.05) is 13.8 Å². The molecular weight excluding hydrogens is 270 g/mol. The van der Waals surface area contributed by atoms with Crippen molar-refractivity contribution in [3.05, 3.63) is 22.4 Å². The fraction of sp³-hybridized carbons (Fsp3) is 0.643. The lowest BCUT2D eigenvalue weighted by Crippen LogP contribution is -2.25. The van der Waals surface area contributed by atoms with Crippen molar-refractivity contribution < 1.29 is 4.92 Å². The van der Waals surface area contributed by atoms with Gasteiger partial charge in [0.2, 0.25) is 5.82 Å². The highest BCUT2D eigenvalue weighted by molar-refractivity contribution is 5.71. The summed E-state index contributed by atoms with van der Waals surface area (Å²) in [7, 11) is 0. The molecule has 0 saturated carbocycles. The Hall–Kier alpha value is -1.89. The molecule has 1 heterocycles. The molecule has 7 nitrogen and oxygen atoms in total. The number of nitrogens with zero attached hydrogens (tertiary/aromatic N) is 3. The van der Waals surface area contributed by atoms with E-state index in [0.717, 1.165) is 32.5 Å². The molecule has 0 aliphatic heterocycles. The average molecular weight is 295 g/mol. The Labute approximate surface area is 125 Å². The lowest BCUT2D eigenvalue weighted by molar-refractivity contribution is -0.383. The zero-order valence-corrected chi connectivity index (χ0v) is 13.0. The Balaban J connectivity index is 2.57. The van der Waals surface area contributed by atoms with E-state index in [1.165, 1.54) is 6.20 Å². The SMILES string of the molecule is CCN(CC)CCC[C@H](C)Nc1ccnc(N)c1[N+](=O)[O-]. The summed E-state index contributed by atoms with van der Waals surface area (Å²) in [6, 6.07) is 1.73. The summed E-state index contributed by atoms with van der Waals surface area (Å²) >= 11 is 0. The third-order valence-corrected chi connectivity index (χ3v) is 3.54. The van der Waals surface area contributed by atoms with Crippen LogP contribution < -0.4 is 11.1 Å². The zero-order chi connectivity index (χ0) is 15.8. The summed E-state index contributed by atoms with van der Waals surface area (Å²) in [6.07, 6.45) is 3.47. The van der Waals surface area contributed by atoms with Gasteiger partial charge in [0, 0.05) is 12.2 Å². The van der Waals surface area contributed by atoms with Crippen molar-refractivity contribution in [2.45, 2.75) is 39.7 Å². The third-order valence-electron chi connectivity index (χ3n) is 3.54. The van der Waals surface area contributed by atoms with Gasteiger partial charge in [-0.25, -0.2) is 4.98 Å². The van der Waals surface area contributed by atoms with Crippen LogP contribution in [0, 0.1) is 10.1 Å². The van der Waals surface area contributed by atoms with Gasteiger partial charge in [-0.3, -0.25) is 10.1 Å². The molecule has 7 heteroatoms. The molecule has 0 spiro atoms. The van der Waals surface area contributed by atoms with Gasteiger partial charge in [-0.2, -0.15) is 0 Å². The minimum absolute atomic E-state index is 0.0552. The van der Waals surface area contributed by atoms with Crippen LogP contribution in [0.25, 0.3) is 0 Å². The summed E-state index contributed by atoms with van der Waals surface area (Å²) in [5.74, 6) is -0.0552. The van der Waals surface area contributed by atoms with Gasteiger partial charge in [0.1, 0.15) is 5.69 Å². The Morgan fingerprint density at radius 1 is 1.48 bits per heavy atom. The van der Waals surface area contributed by atoms with Crippen LogP contribution in [0.1, 0.15) is 33.6 Å². The van der Waals surface area contributed by atoms with Crippen molar-refractivity contribution in [3.8, 4) is 0 Å². The number of aromatic nitrogens is 1. The van der Waals surface area contributed by atoms with Crippen molar-refractivity contribution in [3.63, 3.8) is 0 Å². The number of hydrogen-bond donors (Lipinski definition) is 2. The largest absolute Gasteiger partial charge is 0.378 e. The van der Waals surface area contributed by atoms with E-state index in [1.54, 1.807) is 6.07 Å². The van der Waals surface area contributed by atoms with Crippen molar-refractivity contribution in [1.82, 2.24) is 9.88 Å². The van der Waals surface area contributed by atoms with Crippen LogP contribution in [0.4, 0.5) is 17.2 Å². The van der Waals surface area contributed by atoms with Crippen molar-refractivity contribution in [1.29, 1.82) is 0 Å².